The summed E-state index contributed by atoms with van der Waals surface area (Å²) in [6, 6.07) is 7.29. The van der Waals surface area contributed by atoms with E-state index in [1.54, 1.807) is 25.1 Å². The lowest BCUT2D eigenvalue weighted by molar-refractivity contribution is -0.114. The Balaban J connectivity index is 1.73. The first kappa shape index (κ1) is 17.4. The molecule has 0 radical (unpaired) electrons. The van der Waals surface area contributed by atoms with Crippen LogP contribution in [-0.4, -0.2) is 24.8 Å². The number of amides is 2. The van der Waals surface area contributed by atoms with Crippen molar-refractivity contribution in [3.05, 3.63) is 39.8 Å². The number of carbonyl (C=O) groups is 2. The topological polar surface area (TPSA) is 113 Å². The molecular weight excluding hydrogens is 356 g/mol. The average Bonchev–Trinajstić information content (AvgIpc) is 3.18. The molecule has 0 atom stereocenters. The molecule has 2 aromatic rings. The van der Waals surface area contributed by atoms with Crippen molar-refractivity contribution in [1.82, 2.24) is 5.43 Å². The van der Waals surface area contributed by atoms with E-state index in [-0.39, 0.29) is 18.3 Å². The Kier molecular flexibility index (Phi) is 4.86. The predicted octanol–water partition coefficient (Wildman–Crippen LogP) is 2.38. The van der Waals surface area contributed by atoms with E-state index in [4.69, 9.17) is 9.47 Å². The van der Waals surface area contributed by atoms with Crippen molar-refractivity contribution in [3.63, 3.8) is 0 Å². The number of thiophene rings is 1. The van der Waals surface area contributed by atoms with Crippen molar-refractivity contribution >= 4 is 34.4 Å². The quantitative estimate of drug-likeness (QED) is 0.634. The summed E-state index contributed by atoms with van der Waals surface area (Å²) >= 11 is 1.03. The zero-order chi connectivity index (χ0) is 18.7. The highest BCUT2D eigenvalue weighted by molar-refractivity contribution is 7.18. The average molecular weight is 370 g/mol. The lowest BCUT2D eigenvalue weighted by Crippen LogP contribution is -2.17. The molecule has 8 nitrogen and oxygen atoms in total. The van der Waals surface area contributed by atoms with Crippen LogP contribution in [0.15, 0.2) is 23.3 Å². The molecule has 1 aliphatic rings. The summed E-state index contributed by atoms with van der Waals surface area (Å²) < 4.78 is 10.5. The number of nitrogens with one attached hydrogen (secondary N) is 2. The van der Waals surface area contributed by atoms with E-state index in [0.29, 0.717) is 26.9 Å². The normalized spacial score (nSPS) is 12.0. The first-order valence-electron chi connectivity index (χ1n) is 7.53. The van der Waals surface area contributed by atoms with Crippen molar-refractivity contribution in [3.8, 4) is 17.6 Å². The van der Waals surface area contributed by atoms with E-state index >= 15 is 0 Å². The van der Waals surface area contributed by atoms with E-state index in [9.17, 15) is 14.9 Å². The molecule has 1 aromatic carbocycles. The molecule has 1 aromatic heterocycles. The highest BCUT2D eigenvalue weighted by atomic mass is 32.1. The second kappa shape index (κ2) is 7.25. The fraction of sp³-hybridized carbons (Fsp3) is 0.176. The summed E-state index contributed by atoms with van der Waals surface area (Å²) in [5.41, 5.74) is 3.92. The molecule has 0 saturated carbocycles. The smallest absolute Gasteiger partial charge is 0.281 e. The molecule has 2 N–H and O–H groups in total. The maximum atomic E-state index is 12.3. The third-order valence-electron chi connectivity index (χ3n) is 3.53. The van der Waals surface area contributed by atoms with E-state index in [2.05, 4.69) is 15.8 Å². The zero-order valence-electron chi connectivity index (χ0n) is 14.0. The van der Waals surface area contributed by atoms with Gasteiger partial charge in [0.2, 0.25) is 12.7 Å². The lowest BCUT2D eigenvalue weighted by Gasteiger charge is -1.99. The van der Waals surface area contributed by atoms with Gasteiger partial charge in [-0.2, -0.15) is 10.4 Å². The van der Waals surface area contributed by atoms with Crippen molar-refractivity contribution in [2.75, 3.05) is 12.1 Å². The van der Waals surface area contributed by atoms with Crippen LogP contribution in [0, 0.1) is 18.3 Å². The van der Waals surface area contributed by atoms with Crippen LogP contribution < -0.4 is 20.2 Å². The molecule has 0 spiro atoms. The van der Waals surface area contributed by atoms with Crippen molar-refractivity contribution in [2.24, 2.45) is 5.10 Å². The fourth-order valence-corrected chi connectivity index (χ4v) is 3.42. The van der Waals surface area contributed by atoms with Gasteiger partial charge < -0.3 is 14.8 Å². The molecule has 9 heteroatoms. The number of hydrazone groups is 1. The number of nitrogens with zero attached hydrogens (tertiary/aromatic N) is 2. The monoisotopic (exact) mass is 370 g/mol. The fourth-order valence-electron chi connectivity index (χ4n) is 2.32. The molecule has 2 amide bonds. The summed E-state index contributed by atoms with van der Waals surface area (Å²) in [5.74, 6) is 0.510. The Labute approximate surface area is 153 Å². The number of carbonyl (C=O) groups excluding carboxylic acids is 2. The van der Waals surface area contributed by atoms with Gasteiger partial charge in [-0.15, -0.1) is 11.3 Å². The number of nitriles is 1. The van der Waals surface area contributed by atoms with Gasteiger partial charge in [-0.3, -0.25) is 9.59 Å². The van der Waals surface area contributed by atoms with Crippen molar-refractivity contribution in [2.45, 2.75) is 13.8 Å². The standard InChI is InChI=1S/C17H14N4O4S/c1-9-12(6-18)17(20-10(2)22)26-15(9)16(23)21-19-7-11-3-4-13-14(5-11)25-8-24-13/h3-5,7H,8H2,1-2H3,(H,20,22)(H,21,23)/b19-7-. The molecule has 0 fully saturated rings. The third kappa shape index (κ3) is 3.50. The maximum Gasteiger partial charge on any atom is 0.281 e. The SMILES string of the molecule is CC(=O)Nc1sc(C(=O)N/N=C\c2ccc3c(c2)OCO3)c(C)c1C#N. The predicted molar refractivity (Wildman–Crippen MR) is 95.7 cm³/mol. The Bertz CT molecular complexity index is 958. The van der Waals surface area contributed by atoms with Crippen molar-refractivity contribution in [1.29, 1.82) is 5.26 Å². The van der Waals surface area contributed by atoms with Crippen LogP contribution in [-0.2, 0) is 4.79 Å². The van der Waals surface area contributed by atoms with Crippen LogP contribution in [0.1, 0.15) is 33.3 Å². The Hall–Kier alpha value is -3.38. The second-order valence-electron chi connectivity index (χ2n) is 5.37. The third-order valence-corrected chi connectivity index (χ3v) is 4.74. The molecule has 1 aliphatic heterocycles. The number of benzene rings is 1. The number of fused-ring (bicyclic) bond motifs is 1. The minimum absolute atomic E-state index is 0.183. The molecule has 0 bridgehead atoms. The van der Waals surface area contributed by atoms with Gasteiger partial charge in [0.15, 0.2) is 11.5 Å². The lowest BCUT2D eigenvalue weighted by atomic mass is 10.1. The van der Waals surface area contributed by atoms with Gasteiger partial charge in [0.25, 0.3) is 5.91 Å². The Morgan fingerprint density at radius 1 is 1.35 bits per heavy atom. The van der Waals surface area contributed by atoms with Crippen LogP contribution in [0.3, 0.4) is 0 Å². The molecule has 0 unspecified atom stereocenters. The minimum atomic E-state index is -0.461. The number of ether oxygens (including phenoxy) is 2. The van der Waals surface area contributed by atoms with E-state index < -0.39 is 5.91 Å². The van der Waals surface area contributed by atoms with Gasteiger partial charge >= 0.3 is 0 Å². The molecule has 0 aliphatic carbocycles. The number of hydrogen-bond acceptors (Lipinski definition) is 7. The molecular formula is C17H14N4O4S. The molecule has 3 rings (SSSR count). The largest absolute Gasteiger partial charge is 0.454 e. The van der Waals surface area contributed by atoms with Gasteiger partial charge in [0.1, 0.15) is 15.9 Å². The van der Waals surface area contributed by atoms with Gasteiger partial charge in [-0.1, -0.05) is 0 Å². The summed E-state index contributed by atoms with van der Waals surface area (Å²) in [5, 5.41) is 16.1. The van der Waals surface area contributed by atoms with Gasteiger partial charge in [0, 0.05) is 6.92 Å². The number of anilines is 1. The van der Waals surface area contributed by atoms with Crippen LogP contribution in [0.4, 0.5) is 5.00 Å². The van der Waals surface area contributed by atoms with Gasteiger partial charge in [0.05, 0.1) is 11.8 Å². The van der Waals surface area contributed by atoms with Crippen LogP contribution in [0.25, 0.3) is 0 Å². The zero-order valence-corrected chi connectivity index (χ0v) is 14.8. The maximum absolute atomic E-state index is 12.3. The summed E-state index contributed by atoms with van der Waals surface area (Å²) in [7, 11) is 0. The highest BCUT2D eigenvalue weighted by Gasteiger charge is 2.20. The molecule has 132 valence electrons. The number of rotatable bonds is 4. The highest BCUT2D eigenvalue weighted by Crippen LogP contribution is 2.33. The molecule has 2 heterocycles. The van der Waals surface area contributed by atoms with Gasteiger partial charge in [-0.25, -0.2) is 5.43 Å². The van der Waals surface area contributed by atoms with Crippen LogP contribution in [0.2, 0.25) is 0 Å². The molecule has 26 heavy (non-hydrogen) atoms. The van der Waals surface area contributed by atoms with Crippen molar-refractivity contribution < 1.29 is 19.1 Å². The Morgan fingerprint density at radius 2 is 2.12 bits per heavy atom. The first-order valence-corrected chi connectivity index (χ1v) is 8.35. The van der Waals surface area contributed by atoms with Crippen LogP contribution in [0.5, 0.6) is 11.5 Å². The Morgan fingerprint density at radius 3 is 2.85 bits per heavy atom. The summed E-state index contributed by atoms with van der Waals surface area (Å²) in [6.07, 6.45) is 1.47. The first-order chi connectivity index (χ1) is 12.5. The minimum Gasteiger partial charge on any atom is -0.454 e. The summed E-state index contributed by atoms with van der Waals surface area (Å²) in [4.78, 5) is 23.9. The van der Waals surface area contributed by atoms with Gasteiger partial charge in [-0.05, 0) is 36.2 Å². The van der Waals surface area contributed by atoms with E-state index in [1.165, 1.54) is 13.1 Å². The van der Waals surface area contributed by atoms with E-state index in [0.717, 1.165) is 16.9 Å². The van der Waals surface area contributed by atoms with Crippen LogP contribution >= 0.6 is 11.3 Å². The summed E-state index contributed by atoms with van der Waals surface area (Å²) in [6.45, 7) is 3.17. The number of hydrogen-bond donors (Lipinski definition) is 2. The van der Waals surface area contributed by atoms with E-state index in [1.807, 2.05) is 6.07 Å². The molecule has 0 saturated heterocycles. The second-order valence-corrected chi connectivity index (χ2v) is 6.39.